The minimum Gasteiger partial charge on any atom is -0.324 e. The molecule has 0 aromatic heterocycles. The van der Waals surface area contributed by atoms with E-state index in [1.165, 1.54) is 24.3 Å². The molecule has 0 saturated carbocycles. The fourth-order valence-corrected chi connectivity index (χ4v) is 3.90. The monoisotopic (exact) mass is 400 g/mol. The van der Waals surface area contributed by atoms with Gasteiger partial charge in [-0.2, -0.15) is 13.2 Å². The number of nitrogens with zero attached hydrogens (tertiary/aromatic N) is 1. The molecule has 0 saturated heterocycles. The Morgan fingerprint density at radius 2 is 1.63 bits per heavy atom. The first-order valence-corrected chi connectivity index (χ1v) is 9.92. The highest BCUT2D eigenvalue weighted by Gasteiger charge is 2.36. The maximum atomic E-state index is 13.1. The third-order valence-corrected chi connectivity index (χ3v) is 5.01. The van der Waals surface area contributed by atoms with Gasteiger partial charge >= 0.3 is 6.18 Å². The molecule has 5 nitrogen and oxygen atoms in total. The number of nitrogens with one attached hydrogen (secondary N) is 1. The molecule has 0 radical (unpaired) electrons. The van der Waals surface area contributed by atoms with Crippen molar-refractivity contribution in [2.75, 3.05) is 15.9 Å². The Kier molecular flexibility index (Phi) is 6.15. The SMILES string of the molecule is CC[C@@H](C(=O)Nc1ccccc1C(F)(F)F)N(c1ccccc1)S(C)(=O)=O. The molecule has 1 atom stereocenters. The molecule has 2 aromatic carbocycles. The summed E-state index contributed by atoms with van der Waals surface area (Å²) < 4.78 is 64.9. The summed E-state index contributed by atoms with van der Waals surface area (Å²) in [6.45, 7) is 1.58. The maximum Gasteiger partial charge on any atom is 0.418 e. The van der Waals surface area contributed by atoms with E-state index in [1.807, 2.05) is 0 Å². The van der Waals surface area contributed by atoms with Gasteiger partial charge in [-0.25, -0.2) is 8.42 Å². The first kappa shape index (κ1) is 20.8. The number of amides is 1. The normalized spacial score (nSPS) is 13.1. The zero-order valence-corrected chi connectivity index (χ0v) is 15.5. The molecule has 0 spiro atoms. The van der Waals surface area contributed by atoms with Gasteiger partial charge in [0.1, 0.15) is 6.04 Å². The number of carbonyl (C=O) groups excluding carboxylic acids is 1. The van der Waals surface area contributed by atoms with Crippen molar-refractivity contribution in [1.82, 2.24) is 0 Å². The molecule has 146 valence electrons. The molecular formula is C18H19F3N2O3S. The number of carbonyl (C=O) groups is 1. The number of rotatable bonds is 6. The van der Waals surface area contributed by atoms with Crippen LogP contribution in [0.25, 0.3) is 0 Å². The van der Waals surface area contributed by atoms with Crippen LogP contribution in [0.1, 0.15) is 18.9 Å². The van der Waals surface area contributed by atoms with E-state index in [0.29, 0.717) is 0 Å². The maximum absolute atomic E-state index is 13.1. The highest BCUT2D eigenvalue weighted by atomic mass is 32.2. The van der Waals surface area contributed by atoms with Gasteiger partial charge < -0.3 is 5.32 Å². The Labute approximate surface area is 155 Å². The molecule has 0 heterocycles. The molecule has 0 fully saturated rings. The van der Waals surface area contributed by atoms with E-state index in [4.69, 9.17) is 0 Å². The van der Waals surface area contributed by atoms with E-state index in [9.17, 15) is 26.4 Å². The van der Waals surface area contributed by atoms with Gasteiger partial charge in [0.15, 0.2) is 0 Å². The second-order valence-corrected chi connectivity index (χ2v) is 7.71. The number of halogens is 3. The lowest BCUT2D eigenvalue weighted by Gasteiger charge is -2.30. The third kappa shape index (κ3) is 5.00. The zero-order valence-electron chi connectivity index (χ0n) is 14.7. The van der Waals surface area contributed by atoms with Crippen LogP contribution >= 0.6 is 0 Å². The summed E-state index contributed by atoms with van der Waals surface area (Å²) in [4.78, 5) is 12.7. The van der Waals surface area contributed by atoms with Crippen LogP contribution in [0.2, 0.25) is 0 Å². The number of anilines is 2. The molecule has 0 aliphatic heterocycles. The fourth-order valence-electron chi connectivity index (χ4n) is 2.69. The molecule has 9 heteroatoms. The largest absolute Gasteiger partial charge is 0.418 e. The predicted molar refractivity (Wildman–Crippen MR) is 97.9 cm³/mol. The number of hydrogen-bond donors (Lipinski definition) is 1. The fraction of sp³-hybridized carbons (Fsp3) is 0.278. The second kappa shape index (κ2) is 7.99. The number of hydrogen-bond acceptors (Lipinski definition) is 3. The smallest absolute Gasteiger partial charge is 0.324 e. The summed E-state index contributed by atoms with van der Waals surface area (Å²) in [5.74, 6) is -0.844. The standard InChI is InChI=1S/C18H19F3N2O3S/c1-3-16(23(27(2,25)26)13-9-5-4-6-10-13)17(24)22-15-12-8-7-11-14(15)18(19,20)21/h4-12,16H,3H2,1-2H3,(H,22,24)/t16-/m0/s1. The van der Waals surface area contributed by atoms with Crippen molar-refractivity contribution in [3.63, 3.8) is 0 Å². The number of para-hydroxylation sites is 2. The minimum absolute atomic E-state index is 0.0714. The van der Waals surface area contributed by atoms with E-state index in [1.54, 1.807) is 25.1 Å². The summed E-state index contributed by atoms with van der Waals surface area (Å²) in [6.07, 6.45) is -3.64. The van der Waals surface area contributed by atoms with E-state index < -0.39 is 39.4 Å². The molecule has 0 aliphatic rings. The topological polar surface area (TPSA) is 66.5 Å². The van der Waals surface area contributed by atoms with Crippen LogP contribution in [-0.4, -0.2) is 26.6 Å². The molecule has 2 aromatic rings. The average molecular weight is 400 g/mol. The Morgan fingerprint density at radius 1 is 1.07 bits per heavy atom. The molecule has 0 bridgehead atoms. The third-order valence-electron chi connectivity index (χ3n) is 3.83. The quantitative estimate of drug-likeness (QED) is 0.800. The van der Waals surface area contributed by atoms with Gasteiger partial charge in [-0.1, -0.05) is 37.3 Å². The van der Waals surface area contributed by atoms with Gasteiger partial charge in [0.2, 0.25) is 15.9 Å². The van der Waals surface area contributed by atoms with Crippen molar-refractivity contribution in [3.05, 3.63) is 60.2 Å². The second-order valence-electron chi connectivity index (χ2n) is 5.85. The van der Waals surface area contributed by atoms with Crippen LogP contribution in [0.15, 0.2) is 54.6 Å². The van der Waals surface area contributed by atoms with Gasteiger partial charge in [0, 0.05) is 0 Å². The van der Waals surface area contributed by atoms with Crippen molar-refractivity contribution < 1.29 is 26.4 Å². The molecule has 27 heavy (non-hydrogen) atoms. The minimum atomic E-state index is -4.65. The first-order chi connectivity index (χ1) is 12.6. The van der Waals surface area contributed by atoms with Crippen molar-refractivity contribution in [1.29, 1.82) is 0 Å². The Morgan fingerprint density at radius 3 is 2.15 bits per heavy atom. The Hall–Kier alpha value is -2.55. The van der Waals surface area contributed by atoms with Crippen molar-refractivity contribution in [2.24, 2.45) is 0 Å². The molecule has 1 amide bonds. The highest BCUT2D eigenvalue weighted by molar-refractivity contribution is 7.92. The van der Waals surface area contributed by atoms with E-state index in [0.717, 1.165) is 22.7 Å². The lowest BCUT2D eigenvalue weighted by Crippen LogP contribution is -2.47. The molecule has 0 aliphatic carbocycles. The summed E-state index contributed by atoms with van der Waals surface area (Å²) in [6, 6.07) is 11.3. The van der Waals surface area contributed by atoms with Gasteiger partial charge in [0.05, 0.1) is 23.2 Å². The van der Waals surface area contributed by atoms with Crippen LogP contribution in [0.5, 0.6) is 0 Å². The van der Waals surface area contributed by atoms with Crippen molar-refractivity contribution in [3.8, 4) is 0 Å². The summed E-state index contributed by atoms with van der Waals surface area (Å²) >= 11 is 0. The van der Waals surface area contributed by atoms with E-state index in [-0.39, 0.29) is 12.1 Å². The summed E-state index contributed by atoms with van der Waals surface area (Å²) in [5.41, 5.74) is -1.17. The van der Waals surface area contributed by atoms with Gasteiger partial charge in [-0.3, -0.25) is 9.10 Å². The lowest BCUT2D eigenvalue weighted by atomic mass is 10.1. The highest BCUT2D eigenvalue weighted by Crippen LogP contribution is 2.35. The van der Waals surface area contributed by atoms with Crippen molar-refractivity contribution >= 4 is 27.3 Å². The molecule has 0 unspecified atom stereocenters. The molecule has 1 N–H and O–H groups in total. The summed E-state index contributed by atoms with van der Waals surface area (Å²) in [7, 11) is -3.85. The van der Waals surface area contributed by atoms with E-state index >= 15 is 0 Å². The predicted octanol–water partition coefficient (Wildman–Crippen LogP) is 3.89. The van der Waals surface area contributed by atoms with Crippen LogP contribution in [-0.2, 0) is 21.0 Å². The molecule has 2 rings (SSSR count). The average Bonchev–Trinajstić information content (AvgIpc) is 2.58. The lowest BCUT2D eigenvalue weighted by molar-refractivity contribution is -0.137. The number of alkyl halides is 3. The van der Waals surface area contributed by atoms with Crippen LogP contribution in [0.4, 0.5) is 24.5 Å². The van der Waals surface area contributed by atoms with Crippen LogP contribution in [0.3, 0.4) is 0 Å². The zero-order chi connectivity index (χ0) is 20.2. The van der Waals surface area contributed by atoms with Gasteiger partial charge in [-0.05, 0) is 30.7 Å². The van der Waals surface area contributed by atoms with Gasteiger partial charge in [-0.15, -0.1) is 0 Å². The Bertz CT molecular complexity index is 900. The van der Waals surface area contributed by atoms with Crippen LogP contribution < -0.4 is 9.62 Å². The number of sulfonamides is 1. The van der Waals surface area contributed by atoms with E-state index in [2.05, 4.69) is 5.32 Å². The van der Waals surface area contributed by atoms with Gasteiger partial charge in [0.25, 0.3) is 0 Å². The summed E-state index contributed by atoms with van der Waals surface area (Å²) in [5, 5.41) is 2.23. The molecular weight excluding hydrogens is 381 g/mol. The first-order valence-electron chi connectivity index (χ1n) is 8.07. The van der Waals surface area contributed by atoms with Crippen molar-refractivity contribution in [2.45, 2.75) is 25.6 Å². The Balaban J connectivity index is 2.41. The van der Waals surface area contributed by atoms with Crippen LogP contribution in [0, 0.1) is 0 Å². The number of benzene rings is 2.